The van der Waals surface area contributed by atoms with Crippen molar-refractivity contribution < 1.29 is 23.9 Å². The van der Waals surface area contributed by atoms with Gasteiger partial charge >= 0.3 is 11.9 Å². The average molecular weight is 318 g/mol. The molecule has 124 valence electrons. The molecule has 0 radical (unpaired) electrons. The Kier molecular flexibility index (Phi) is 7.74. The van der Waals surface area contributed by atoms with Crippen molar-refractivity contribution in [1.82, 2.24) is 0 Å². The maximum atomic E-state index is 11.8. The van der Waals surface area contributed by atoms with Crippen LogP contribution in [0.1, 0.15) is 38.7 Å². The molecule has 1 aromatic rings. The summed E-state index contributed by atoms with van der Waals surface area (Å²) in [6, 6.07) is 9.17. The zero-order valence-electron chi connectivity index (χ0n) is 13.7. The van der Waals surface area contributed by atoms with Crippen molar-refractivity contribution in [2.24, 2.45) is 5.92 Å². The van der Waals surface area contributed by atoms with E-state index < -0.39 is 23.8 Å². The van der Waals surface area contributed by atoms with E-state index in [1.807, 2.05) is 37.3 Å². The largest absolute Gasteiger partial charge is 0.463 e. The lowest BCUT2D eigenvalue weighted by Crippen LogP contribution is -2.20. The molecular formula is C18H22O5. The number of rotatable bonds is 8. The van der Waals surface area contributed by atoms with Crippen molar-refractivity contribution in [3.8, 4) is 0 Å². The summed E-state index contributed by atoms with van der Waals surface area (Å²) in [5.74, 6) is -1.97. The van der Waals surface area contributed by atoms with E-state index in [1.165, 1.54) is 6.92 Å². The van der Waals surface area contributed by atoms with Gasteiger partial charge in [0.05, 0.1) is 18.6 Å². The van der Waals surface area contributed by atoms with Gasteiger partial charge in [0.15, 0.2) is 0 Å². The van der Waals surface area contributed by atoms with Crippen molar-refractivity contribution in [3.05, 3.63) is 47.7 Å². The van der Waals surface area contributed by atoms with Gasteiger partial charge in [-0.1, -0.05) is 37.3 Å². The Morgan fingerprint density at radius 3 is 2.30 bits per heavy atom. The number of aldehydes is 1. The minimum atomic E-state index is -0.606. The number of allylic oxidation sites excluding steroid dienone is 1. The predicted molar refractivity (Wildman–Crippen MR) is 85.5 cm³/mol. The van der Waals surface area contributed by atoms with Crippen molar-refractivity contribution in [2.45, 2.75) is 33.1 Å². The molecular weight excluding hydrogens is 296 g/mol. The van der Waals surface area contributed by atoms with E-state index in [0.29, 0.717) is 6.42 Å². The molecule has 5 heteroatoms. The SMILES string of the molecule is CCOC(=O)/C=C(\OC(C)=O)[C@H](c1ccccc1)[C@H](C=O)CC. The molecule has 1 aromatic carbocycles. The van der Waals surface area contributed by atoms with E-state index in [0.717, 1.165) is 17.9 Å². The van der Waals surface area contributed by atoms with E-state index in [-0.39, 0.29) is 12.4 Å². The summed E-state index contributed by atoms with van der Waals surface area (Å²) in [5.41, 5.74) is 0.795. The summed E-state index contributed by atoms with van der Waals surface area (Å²) in [4.78, 5) is 34.7. The molecule has 0 fully saturated rings. The molecule has 0 saturated heterocycles. The first-order valence-electron chi connectivity index (χ1n) is 7.60. The van der Waals surface area contributed by atoms with Crippen LogP contribution in [0.4, 0.5) is 0 Å². The van der Waals surface area contributed by atoms with Gasteiger partial charge in [-0.05, 0) is 18.9 Å². The van der Waals surface area contributed by atoms with Gasteiger partial charge < -0.3 is 14.3 Å². The average Bonchev–Trinajstić information content (AvgIpc) is 2.52. The highest BCUT2D eigenvalue weighted by Gasteiger charge is 2.28. The number of hydrogen-bond acceptors (Lipinski definition) is 5. The van der Waals surface area contributed by atoms with Gasteiger partial charge in [0, 0.05) is 12.8 Å². The summed E-state index contributed by atoms with van der Waals surface area (Å²) in [6.45, 7) is 5.02. The molecule has 0 saturated carbocycles. The van der Waals surface area contributed by atoms with Gasteiger partial charge in [0.2, 0.25) is 0 Å². The predicted octanol–water partition coefficient (Wildman–Crippen LogP) is 3.01. The molecule has 0 aromatic heterocycles. The molecule has 0 spiro atoms. The summed E-state index contributed by atoms with van der Waals surface area (Å²) in [5, 5.41) is 0. The molecule has 0 aliphatic heterocycles. The number of esters is 2. The van der Waals surface area contributed by atoms with Crippen LogP contribution in [0, 0.1) is 5.92 Å². The van der Waals surface area contributed by atoms with Crippen molar-refractivity contribution in [1.29, 1.82) is 0 Å². The number of carbonyl (C=O) groups is 3. The van der Waals surface area contributed by atoms with Crippen LogP contribution in [0.3, 0.4) is 0 Å². The van der Waals surface area contributed by atoms with Crippen LogP contribution in [0.25, 0.3) is 0 Å². The molecule has 2 atom stereocenters. The number of carbonyl (C=O) groups excluding carboxylic acids is 3. The topological polar surface area (TPSA) is 69.7 Å². The van der Waals surface area contributed by atoms with Gasteiger partial charge in [-0.15, -0.1) is 0 Å². The van der Waals surface area contributed by atoms with Gasteiger partial charge in [0.1, 0.15) is 12.0 Å². The smallest absolute Gasteiger partial charge is 0.334 e. The zero-order chi connectivity index (χ0) is 17.2. The van der Waals surface area contributed by atoms with E-state index >= 15 is 0 Å². The van der Waals surface area contributed by atoms with E-state index in [4.69, 9.17) is 9.47 Å². The highest BCUT2D eigenvalue weighted by atomic mass is 16.5. The quantitative estimate of drug-likeness (QED) is 0.319. The number of hydrogen-bond donors (Lipinski definition) is 0. The maximum Gasteiger partial charge on any atom is 0.334 e. The van der Waals surface area contributed by atoms with E-state index in [2.05, 4.69) is 0 Å². The fourth-order valence-electron chi connectivity index (χ4n) is 2.34. The van der Waals surface area contributed by atoms with Crippen molar-refractivity contribution >= 4 is 18.2 Å². The maximum absolute atomic E-state index is 11.8. The first-order valence-corrected chi connectivity index (χ1v) is 7.60. The van der Waals surface area contributed by atoms with Crippen molar-refractivity contribution in [3.63, 3.8) is 0 Å². The van der Waals surface area contributed by atoms with Crippen LogP contribution in [-0.4, -0.2) is 24.8 Å². The minimum Gasteiger partial charge on any atom is -0.463 e. The third-order valence-electron chi connectivity index (χ3n) is 3.35. The summed E-state index contributed by atoms with van der Waals surface area (Å²) in [7, 11) is 0. The standard InChI is InChI=1S/C18H22O5/c1-4-14(12-19)18(15-9-7-6-8-10-15)16(23-13(3)20)11-17(21)22-5-2/h6-12,14,18H,4-5H2,1-3H3/b16-11-/t14-,18-/m0/s1. The Labute approximate surface area is 136 Å². The van der Waals surface area contributed by atoms with Crippen LogP contribution < -0.4 is 0 Å². The Balaban J connectivity index is 3.33. The summed E-state index contributed by atoms with van der Waals surface area (Å²) >= 11 is 0. The molecule has 0 amide bonds. The highest BCUT2D eigenvalue weighted by Crippen LogP contribution is 2.34. The first-order chi connectivity index (χ1) is 11.0. The lowest BCUT2D eigenvalue weighted by Gasteiger charge is -2.24. The first kappa shape index (κ1) is 18.6. The van der Waals surface area contributed by atoms with E-state index in [9.17, 15) is 14.4 Å². The molecule has 0 aliphatic carbocycles. The van der Waals surface area contributed by atoms with Gasteiger partial charge in [0.25, 0.3) is 0 Å². The van der Waals surface area contributed by atoms with E-state index in [1.54, 1.807) is 6.92 Å². The molecule has 23 heavy (non-hydrogen) atoms. The second-order valence-corrected chi connectivity index (χ2v) is 4.99. The fraction of sp³-hybridized carbons (Fsp3) is 0.389. The molecule has 0 bridgehead atoms. The lowest BCUT2D eigenvalue weighted by atomic mass is 9.83. The summed E-state index contributed by atoms with van der Waals surface area (Å²) < 4.78 is 10.1. The Hall–Kier alpha value is -2.43. The zero-order valence-corrected chi connectivity index (χ0v) is 13.7. The third kappa shape index (κ3) is 5.70. The second-order valence-electron chi connectivity index (χ2n) is 4.99. The van der Waals surface area contributed by atoms with Crippen LogP contribution in [0.5, 0.6) is 0 Å². The molecule has 0 heterocycles. The van der Waals surface area contributed by atoms with Crippen LogP contribution >= 0.6 is 0 Å². The van der Waals surface area contributed by atoms with Gasteiger partial charge in [-0.25, -0.2) is 4.79 Å². The fourth-order valence-corrected chi connectivity index (χ4v) is 2.34. The number of ether oxygens (including phenoxy) is 2. The molecule has 1 rings (SSSR count). The third-order valence-corrected chi connectivity index (χ3v) is 3.35. The lowest BCUT2D eigenvalue weighted by molar-refractivity contribution is -0.139. The Bertz CT molecular complexity index is 562. The van der Waals surface area contributed by atoms with Crippen molar-refractivity contribution in [2.75, 3.05) is 6.61 Å². The second kappa shape index (κ2) is 9.56. The molecule has 0 unspecified atom stereocenters. The minimum absolute atomic E-state index is 0.126. The Morgan fingerprint density at radius 1 is 1.17 bits per heavy atom. The molecule has 5 nitrogen and oxygen atoms in total. The van der Waals surface area contributed by atoms with Crippen LogP contribution in [0.15, 0.2) is 42.2 Å². The van der Waals surface area contributed by atoms with Crippen LogP contribution in [0.2, 0.25) is 0 Å². The van der Waals surface area contributed by atoms with Gasteiger partial charge in [-0.2, -0.15) is 0 Å². The van der Waals surface area contributed by atoms with Gasteiger partial charge in [-0.3, -0.25) is 4.79 Å². The Morgan fingerprint density at radius 2 is 1.83 bits per heavy atom. The molecule has 0 N–H and O–H groups in total. The van der Waals surface area contributed by atoms with Crippen LogP contribution in [-0.2, 0) is 23.9 Å². The molecule has 0 aliphatic rings. The number of benzene rings is 1. The highest BCUT2D eigenvalue weighted by molar-refractivity contribution is 5.83. The summed E-state index contributed by atoms with van der Waals surface area (Å²) in [6.07, 6.45) is 2.51. The normalized spacial score (nSPS) is 13.8. The monoisotopic (exact) mass is 318 g/mol.